The molecule has 0 aliphatic heterocycles. The maximum atomic E-state index is 13.1. The van der Waals surface area contributed by atoms with Gasteiger partial charge in [0.2, 0.25) is 0 Å². The van der Waals surface area contributed by atoms with Crippen LogP contribution in [-0.4, -0.2) is 27.2 Å². The van der Waals surface area contributed by atoms with E-state index in [9.17, 15) is 9.18 Å². The molecule has 25 heavy (non-hydrogen) atoms. The number of carbonyl (C=O) groups is 1. The Balaban J connectivity index is 1.70. The van der Waals surface area contributed by atoms with Crippen molar-refractivity contribution in [1.29, 1.82) is 0 Å². The second kappa shape index (κ2) is 6.84. The molecule has 2 aromatic heterocycles. The quantitative estimate of drug-likeness (QED) is 0.777. The first kappa shape index (κ1) is 16.8. The van der Waals surface area contributed by atoms with Gasteiger partial charge in [0.25, 0.3) is 5.91 Å². The molecule has 1 aromatic carbocycles. The van der Waals surface area contributed by atoms with E-state index in [2.05, 4.69) is 15.4 Å². The van der Waals surface area contributed by atoms with E-state index in [1.54, 1.807) is 47.5 Å². The van der Waals surface area contributed by atoms with Crippen molar-refractivity contribution in [3.05, 3.63) is 78.1 Å². The van der Waals surface area contributed by atoms with Crippen molar-refractivity contribution in [1.82, 2.24) is 20.1 Å². The molecular weight excluding hydrogens is 319 g/mol. The summed E-state index contributed by atoms with van der Waals surface area (Å²) in [6.07, 6.45) is 5.05. The number of aromatic nitrogens is 3. The number of halogens is 1. The smallest absolute Gasteiger partial charge is 0.269 e. The standard InChI is InChI=1S/C19H19FN4O/c1-19(2,14-4-6-15(20)7-5-14)13-22-18(25)17-12-16(8-10-21-17)24-11-3-9-23-24/h3-12H,13H2,1-2H3,(H,22,25). The Hall–Kier alpha value is -3.02. The third kappa shape index (κ3) is 3.91. The van der Waals surface area contributed by atoms with Gasteiger partial charge in [-0.15, -0.1) is 0 Å². The first-order valence-electron chi connectivity index (χ1n) is 7.96. The summed E-state index contributed by atoms with van der Waals surface area (Å²) >= 11 is 0. The lowest BCUT2D eigenvalue weighted by Crippen LogP contribution is -2.37. The van der Waals surface area contributed by atoms with E-state index in [-0.39, 0.29) is 17.1 Å². The largest absolute Gasteiger partial charge is 0.350 e. The lowest BCUT2D eigenvalue weighted by molar-refractivity contribution is 0.0940. The van der Waals surface area contributed by atoms with Crippen LogP contribution in [0.15, 0.2) is 61.1 Å². The van der Waals surface area contributed by atoms with Crippen LogP contribution in [0.1, 0.15) is 29.9 Å². The molecule has 3 rings (SSSR count). The van der Waals surface area contributed by atoms with E-state index < -0.39 is 0 Å². The normalized spacial score (nSPS) is 11.3. The highest BCUT2D eigenvalue weighted by molar-refractivity contribution is 5.92. The summed E-state index contributed by atoms with van der Waals surface area (Å²) in [6, 6.07) is 11.6. The molecule has 6 heteroatoms. The molecule has 128 valence electrons. The molecule has 0 atom stereocenters. The third-order valence-electron chi connectivity index (χ3n) is 4.06. The predicted octanol–water partition coefficient (Wildman–Crippen LogP) is 3.11. The fourth-order valence-electron chi connectivity index (χ4n) is 2.50. The third-order valence-corrected chi connectivity index (χ3v) is 4.06. The zero-order chi connectivity index (χ0) is 17.9. The molecule has 0 fully saturated rings. The second-order valence-corrected chi connectivity index (χ2v) is 6.42. The Labute approximate surface area is 145 Å². The number of hydrogen-bond acceptors (Lipinski definition) is 3. The molecule has 0 spiro atoms. The molecule has 0 radical (unpaired) electrons. The van der Waals surface area contributed by atoms with E-state index >= 15 is 0 Å². The molecule has 0 saturated carbocycles. The molecule has 2 heterocycles. The predicted molar refractivity (Wildman–Crippen MR) is 93.1 cm³/mol. The van der Waals surface area contributed by atoms with Crippen molar-refractivity contribution in [2.45, 2.75) is 19.3 Å². The summed E-state index contributed by atoms with van der Waals surface area (Å²) in [5.41, 5.74) is 1.71. The van der Waals surface area contributed by atoms with Gasteiger partial charge >= 0.3 is 0 Å². The molecule has 0 unspecified atom stereocenters. The van der Waals surface area contributed by atoms with Crippen molar-refractivity contribution in [2.24, 2.45) is 0 Å². The van der Waals surface area contributed by atoms with Gasteiger partial charge in [-0.25, -0.2) is 9.07 Å². The van der Waals surface area contributed by atoms with Gasteiger partial charge in [-0.2, -0.15) is 5.10 Å². The van der Waals surface area contributed by atoms with Crippen LogP contribution in [-0.2, 0) is 5.41 Å². The van der Waals surface area contributed by atoms with Gasteiger partial charge in [0.05, 0.1) is 5.69 Å². The molecular formula is C19H19FN4O. The minimum Gasteiger partial charge on any atom is -0.350 e. The average molecular weight is 338 g/mol. The highest BCUT2D eigenvalue weighted by Crippen LogP contribution is 2.22. The molecule has 5 nitrogen and oxygen atoms in total. The molecule has 0 bridgehead atoms. The highest BCUT2D eigenvalue weighted by Gasteiger charge is 2.22. The number of nitrogens with zero attached hydrogens (tertiary/aromatic N) is 3. The molecule has 1 amide bonds. The SMILES string of the molecule is CC(C)(CNC(=O)c1cc(-n2cccn2)ccn1)c1ccc(F)cc1. The van der Waals surface area contributed by atoms with Gasteiger partial charge in [-0.3, -0.25) is 9.78 Å². The van der Waals surface area contributed by atoms with E-state index in [1.165, 1.54) is 12.1 Å². The lowest BCUT2D eigenvalue weighted by atomic mass is 9.84. The Morgan fingerprint density at radius 2 is 1.96 bits per heavy atom. The number of pyridine rings is 1. The number of rotatable bonds is 5. The number of carbonyl (C=O) groups excluding carboxylic acids is 1. The van der Waals surface area contributed by atoms with Gasteiger partial charge in [0, 0.05) is 30.6 Å². The maximum Gasteiger partial charge on any atom is 0.269 e. The highest BCUT2D eigenvalue weighted by atomic mass is 19.1. The second-order valence-electron chi connectivity index (χ2n) is 6.42. The fourth-order valence-corrected chi connectivity index (χ4v) is 2.50. The number of amides is 1. The van der Waals surface area contributed by atoms with E-state index in [1.807, 2.05) is 19.9 Å². The molecule has 0 aliphatic carbocycles. The van der Waals surface area contributed by atoms with Crippen LogP contribution >= 0.6 is 0 Å². The van der Waals surface area contributed by atoms with Crippen molar-refractivity contribution in [3.63, 3.8) is 0 Å². The summed E-state index contributed by atoms with van der Waals surface area (Å²) < 4.78 is 14.7. The van der Waals surface area contributed by atoms with E-state index in [0.717, 1.165) is 11.3 Å². The van der Waals surface area contributed by atoms with E-state index in [0.29, 0.717) is 12.2 Å². The Morgan fingerprint density at radius 3 is 2.64 bits per heavy atom. The number of hydrogen-bond donors (Lipinski definition) is 1. The Kier molecular flexibility index (Phi) is 4.61. The van der Waals surface area contributed by atoms with Crippen molar-refractivity contribution in [3.8, 4) is 5.69 Å². The monoisotopic (exact) mass is 338 g/mol. The van der Waals surface area contributed by atoms with Crippen LogP contribution < -0.4 is 5.32 Å². The van der Waals surface area contributed by atoms with Crippen molar-refractivity contribution >= 4 is 5.91 Å². The van der Waals surface area contributed by atoms with Crippen molar-refractivity contribution < 1.29 is 9.18 Å². The van der Waals surface area contributed by atoms with Crippen LogP contribution in [0.5, 0.6) is 0 Å². The summed E-state index contributed by atoms with van der Waals surface area (Å²) in [7, 11) is 0. The van der Waals surface area contributed by atoms with Gasteiger partial charge < -0.3 is 5.32 Å². The van der Waals surface area contributed by atoms with Crippen molar-refractivity contribution in [2.75, 3.05) is 6.54 Å². The Morgan fingerprint density at radius 1 is 1.20 bits per heavy atom. The first-order valence-corrected chi connectivity index (χ1v) is 7.96. The van der Waals surface area contributed by atoms with Crippen LogP contribution in [0.25, 0.3) is 5.69 Å². The van der Waals surface area contributed by atoms with Crippen LogP contribution in [0.3, 0.4) is 0 Å². The molecule has 3 aromatic rings. The zero-order valence-electron chi connectivity index (χ0n) is 14.1. The zero-order valence-corrected chi connectivity index (χ0v) is 14.1. The summed E-state index contributed by atoms with van der Waals surface area (Å²) in [5, 5.41) is 7.05. The molecule has 1 N–H and O–H groups in total. The maximum absolute atomic E-state index is 13.1. The van der Waals surface area contributed by atoms with Gasteiger partial charge in [0.1, 0.15) is 11.5 Å². The molecule has 0 saturated heterocycles. The number of nitrogens with one attached hydrogen (secondary N) is 1. The lowest BCUT2D eigenvalue weighted by Gasteiger charge is -2.25. The fraction of sp³-hybridized carbons (Fsp3) is 0.211. The van der Waals surface area contributed by atoms with Crippen LogP contribution in [0.2, 0.25) is 0 Å². The summed E-state index contributed by atoms with van der Waals surface area (Å²) in [4.78, 5) is 16.6. The summed E-state index contributed by atoms with van der Waals surface area (Å²) in [5.74, 6) is -0.535. The minimum absolute atomic E-state index is 0.260. The minimum atomic E-state index is -0.330. The topological polar surface area (TPSA) is 59.8 Å². The Bertz CT molecular complexity index is 857. The van der Waals surface area contributed by atoms with Gasteiger partial charge in [-0.05, 0) is 35.9 Å². The van der Waals surface area contributed by atoms with Gasteiger partial charge in [0.15, 0.2) is 0 Å². The van der Waals surface area contributed by atoms with E-state index in [4.69, 9.17) is 0 Å². The molecule has 0 aliphatic rings. The first-order chi connectivity index (χ1) is 12.0. The van der Waals surface area contributed by atoms with Gasteiger partial charge in [-0.1, -0.05) is 26.0 Å². The summed E-state index contributed by atoms with van der Waals surface area (Å²) in [6.45, 7) is 4.40. The number of benzene rings is 1. The average Bonchev–Trinajstić information content (AvgIpc) is 3.15. The van der Waals surface area contributed by atoms with Crippen LogP contribution in [0.4, 0.5) is 4.39 Å². The van der Waals surface area contributed by atoms with Crippen LogP contribution in [0, 0.1) is 5.82 Å².